The minimum Gasteiger partial charge on any atom is -0.481 e. The number of aliphatic hydroxyl groups excluding tert-OH is 1. The van der Waals surface area contributed by atoms with Gasteiger partial charge in [0.15, 0.2) is 0 Å². The van der Waals surface area contributed by atoms with Gasteiger partial charge < -0.3 is 57.6 Å². The van der Waals surface area contributed by atoms with Gasteiger partial charge in [0.1, 0.15) is 42.3 Å². The summed E-state index contributed by atoms with van der Waals surface area (Å²) in [5.74, 6) is -12.1. The van der Waals surface area contributed by atoms with Gasteiger partial charge in [-0.1, -0.05) is 58.0 Å². The zero-order valence-corrected chi connectivity index (χ0v) is 33.4. The Morgan fingerprint density at radius 1 is 0.534 bits per heavy atom. The maximum absolute atomic E-state index is 13.5. The molecular weight excluding hydrogens is 766 g/mol. The zero-order chi connectivity index (χ0) is 44.4. The van der Waals surface area contributed by atoms with Gasteiger partial charge in [-0.25, -0.2) is 4.79 Å². The molecule has 0 aromatic heterocycles. The predicted molar refractivity (Wildman–Crippen MR) is 203 cm³/mol. The molecule has 0 saturated heterocycles. The van der Waals surface area contributed by atoms with Crippen molar-refractivity contribution in [3.8, 4) is 0 Å². The zero-order valence-electron chi connectivity index (χ0n) is 33.4. The van der Waals surface area contributed by atoms with Crippen molar-refractivity contribution >= 4 is 59.3 Å². The Hall–Kier alpha value is -6.12. The second-order valence-electron chi connectivity index (χ2n) is 14.5. The molecule has 0 spiro atoms. The van der Waals surface area contributed by atoms with E-state index in [4.69, 9.17) is 0 Å². The van der Waals surface area contributed by atoms with Gasteiger partial charge in [-0.3, -0.25) is 43.2 Å². The second-order valence-corrected chi connectivity index (χ2v) is 14.5. The van der Waals surface area contributed by atoms with Crippen LogP contribution in [0.5, 0.6) is 0 Å². The monoisotopic (exact) mass is 821 g/mol. The molecule has 8 atom stereocenters. The largest absolute Gasteiger partial charge is 0.481 e. The highest BCUT2D eigenvalue weighted by molar-refractivity contribution is 5.98. The summed E-state index contributed by atoms with van der Waals surface area (Å²) in [4.78, 5) is 126. The molecule has 322 valence electrons. The van der Waals surface area contributed by atoms with Crippen LogP contribution in [0.4, 0.5) is 0 Å². The number of nitrogens with one attached hydrogen (secondary N) is 7. The molecule has 21 heteroatoms. The first-order valence-electron chi connectivity index (χ1n) is 18.4. The normalized spacial score (nSPS) is 15.1. The lowest BCUT2D eigenvalue weighted by Gasteiger charge is -2.29. The van der Waals surface area contributed by atoms with E-state index in [1.54, 1.807) is 58.0 Å². The van der Waals surface area contributed by atoms with Crippen molar-refractivity contribution in [2.24, 2.45) is 11.8 Å². The van der Waals surface area contributed by atoms with E-state index in [2.05, 4.69) is 37.2 Å². The third-order valence-electron chi connectivity index (χ3n) is 8.38. The van der Waals surface area contributed by atoms with Gasteiger partial charge in [0.05, 0.1) is 18.9 Å². The van der Waals surface area contributed by atoms with E-state index in [1.807, 2.05) is 0 Å². The summed E-state index contributed by atoms with van der Waals surface area (Å²) < 4.78 is 0. The lowest BCUT2D eigenvalue weighted by Crippen LogP contribution is -2.61. The number of carboxylic acids is 3. The number of aliphatic carboxylic acids is 3. The first kappa shape index (κ1) is 49.9. The third-order valence-corrected chi connectivity index (χ3v) is 8.38. The van der Waals surface area contributed by atoms with E-state index >= 15 is 0 Å². The van der Waals surface area contributed by atoms with Crippen molar-refractivity contribution in [3.05, 3.63) is 35.9 Å². The number of benzene rings is 1. The average molecular weight is 822 g/mol. The van der Waals surface area contributed by atoms with Crippen LogP contribution in [-0.2, 0) is 54.4 Å². The van der Waals surface area contributed by atoms with Gasteiger partial charge in [0, 0.05) is 13.3 Å². The number of rotatable bonds is 24. The smallest absolute Gasteiger partial charge is 0.326 e. The summed E-state index contributed by atoms with van der Waals surface area (Å²) in [6, 6.07) is -2.67. The fraction of sp³-hybridized carbons (Fsp3) is 0.568. The van der Waals surface area contributed by atoms with Crippen molar-refractivity contribution in [3.63, 3.8) is 0 Å². The molecule has 7 amide bonds. The van der Waals surface area contributed by atoms with Crippen LogP contribution < -0.4 is 37.2 Å². The highest BCUT2D eigenvalue weighted by Crippen LogP contribution is 2.10. The SMILES string of the molecule is CC(=O)N[C@H](C(=O)N[C@H](C(=O)N[C@@H](CC(C)C)C(=O)N[C@@H](CC(=O)O)C(=O)N[C@@H](C)C(=O)N[C@@H](CC(=O)O)C(=O)N[C@@H](Cc1ccccc1)C(=O)O)[C@H](C)O)C(C)C. The van der Waals surface area contributed by atoms with Crippen LogP contribution in [0.1, 0.15) is 73.3 Å². The Kier molecular flexibility index (Phi) is 20.5. The van der Waals surface area contributed by atoms with Gasteiger partial charge in [-0.2, -0.15) is 0 Å². The number of hydrogen-bond acceptors (Lipinski definition) is 11. The number of carbonyl (C=O) groups is 10. The lowest BCUT2D eigenvalue weighted by molar-refractivity contribution is -0.143. The van der Waals surface area contributed by atoms with Crippen molar-refractivity contribution in [2.45, 2.75) is 123 Å². The molecule has 0 aliphatic rings. The van der Waals surface area contributed by atoms with Crippen molar-refractivity contribution < 1.29 is 68.4 Å². The predicted octanol–water partition coefficient (Wildman–Crippen LogP) is -2.22. The molecule has 0 heterocycles. The number of carbonyl (C=O) groups excluding carboxylic acids is 7. The molecule has 0 saturated carbocycles. The Bertz CT molecular complexity index is 1650. The van der Waals surface area contributed by atoms with Gasteiger partial charge in [-0.05, 0) is 37.7 Å². The summed E-state index contributed by atoms with van der Waals surface area (Å²) in [7, 11) is 0. The molecule has 58 heavy (non-hydrogen) atoms. The van der Waals surface area contributed by atoms with Crippen LogP contribution in [-0.4, -0.2) is 128 Å². The Morgan fingerprint density at radius 3 is 1.43 bits per heavy atom. The van der Waals surface area contributed by atoms with Crippen molar-refractivity contribution in [2.75, 3.05) is 0 Å². The minimum absolute atomic E-state index is 0.0695. The van der Waals surface area contributed by atoms with Gasteiger partial charge >= 0.3 is 17.9 Å². The fourth-order valence-corrected chi connectivity index (χ4v) is 5.41. The molecule has 0 aliphatic carbocycles. The molecular formula is C37H55N7O14. The lowest BCUT2D eigenvalue weighted by atomic mass is 10.0. The number of carboxylic acid groups (broad SMARTS) is 3. The quantitative estimate of drug-likeness (QED) is 0.0527. The molecule has 1 aromatic carbocycles. The number of amides is 7. The molecule has 0 aliphatic heterocycles. The first-order chi connectivity index (χ1) is 26.9. The summed E-state index contributed by atoms with van der Waals surface area (Å²) >= 11 is 0. The molecule has 0 unspecified atom stereocenters. The Labute approximate surface area is 334 Å². The van der Waals surface area contributed by atoms with E-state index in [-0.39, 0.29) is 18.8 Å². The highest BCUT2D eigenvalue weighted by Gasteiger charge is 2.36. The van der Waals surface area contributed by atoms with Crippen LogP contribution in [0, 0.1) is 11.8 Å². The number of hydrogen-bond donors (Lipinski definition) is 11. The van der Waals surface area contributed by atoms with Gasteiger partial charge in [-0.15, -0.1) is 0 Å². The van der Waals surface area contributed by atoms with E-state index in [0.717, 1.165) is 6.92 Å². The molecule has 21 nitrogen and oxygen atoms in total. The summed E-state index contributed by atoms with van der Waals surface area (Å²) in [5, 5.41) is 54.9. The summed E-state index contributed by atoms with van der Waals surface area (Å²) in [6.07, 6.45) is -3.73. The first-order valence-corrected chi connectivity index (χ1v) is 18.4. The van der Waals surface area contributed by atoms with Crippen LogP contribution in [0.25, 0.3) is 0 Å². The maximum Gasteiger partial charge on any atom is 0.326 e. The van der Waals surface area contributed by atoms with E-state index in [9.17, 15) is 68.4 Å². The van der Waals surface area contributed by atoms with Gasteiger partial charge in [0.25, 0.3) is 0 Å². The van der Waals surface area contributed by atoms with E-state index in [0.29, 0.717) is 5.56 Å². The molecule has 0 radical (unpaired) electrons. The maximum atomic E-state index is 13.5. The molecule has 0 bridgehead atoms. The van der Waals surface area contributed by atoms with Crippen LogP contribution in [0.15, 0.2) is 30.3 Å². The molecule has 1 rings (SSSR count). The number of aliphatic hydroxyl groups is 1. The highest BCUT2D eigenvalue weighted by atomic mass is 16.4. The van der Waals surface area contributed by atoms with Gasteiger partial charge in [0.2, 0.25) is 41.4 Å². The van der Waals surface area contributed by atoms with Crippen molar-refractivity contribution in [1.29, 1.82) is 0 Å². The van der Waals surface area contributed by atoms with Crippen LogP contribution in [0.2, 0.25) is 0 Å². The summed E-state index contributed by atoms with van der Waals surface area (Å²) in [6.45, 7) is 10.2. The fourth-order valence-electron chi connectivity index (χ4n) is 5.41. The van der Waals surface area contributed by atoms with E-state index < -0.39 is 126 Å². The topological polar surface area (TPSA) is 336 Å². The summed E-state index contributed by atoms with van der Waals surface area (Å²) in [5.41, 5.74) is 0.541. The molecule has 1 aromatic rings. The van der Waals surface area contributed by atoms with E-state index in [1.165, 1.54) is 13.8 Å². The third kappa shape index (κ3) is 17.8. The molecule has 11 N–H and O–H groups in total. The molecule has 0 fully saturated rings. The minimum atomic E-state index is -1.85. The standard InChI is InChI=1S/C37H55N7O14/c1-17(2)13-23(42-36(56)30(20(6)45)44-35(55)29(18(3)4)39-21(7)46)33(53)41-24(15-27(47)48)32(52)38-19(5)31(51)40-25(16-28(49)50)34(54)43-26(37(57)58)14-22-11-9-8-10-12-22/h8-12,17-20,23-26,29-30,45H,13-16H2,1-7H3,(H,38,52)(H,39,46)(H,40,51)(H,41,53)(H,42,56)(H,43,54)(H,44,55)(H,47,48)(H,49,50)(H,57,58)/t19-,20-,23-,24-,25-,26-,29-,30-/m0/s1. The van der Waals surface area contributed by atoms with Crippen LogP contribution in [0.3, 0.4) is 0 Å². The Balaban J connectivity index is 3.17. The average Bonchev–Trinajstić information content (AvgIpc) is 3.10. The second kappa shape index (κ2) is 23.8. The Morgan fingerprint density at radius 2 is 0.983 bits per heavy atom. The van der Waals surface area contributed by atoms with Crippen LogP contribution >= 0.6 is 0 Å². The van der Waals surface area contributed by atoms with Crippen molar-refractivity contribution in [1.82, 2.24) is 37.2 Å².